The topological polar surface area (TPSA) is 98.7 Å². The summed E-state index contributed by atoms with van der Waals surface area (Å²) in [6.07, 6.45) is 1.92. The van der Waals surface area contributed by atoms with Gasteiger partial charge in [-0.3, -0.25) is 0 Å². The maximum Gasteiger partial charge on any atom is 0.328 e. The molecule has 0 aromatic rings. The minimum Gasteiger partial charge on any atom is -0.480 e. The number of thioether (sulfide) groups is 1. The fourth-order valence-electron chi connectivity index (χ4n) is 2.24. The summed E-state index contributed by atoms with van der Waals surface area (Å²) in [6.45, 7) is 3.42. The van der Waals surface area contributed by atoms with Crippen molar-refractivity contribution < 1.29 is 19.8 Å². The first-order valence-electron chi connectivity index (χ1n) is 6.55. The van der Waals surface area contributed by atoms with Gasteiger partial charge < -0.3 is 20.8 Å². The number of hydrogen-bond acceptors (Lipinski definition) is 4. The van der Waals surface area contributed by atoms with Crippen LogP contribution >= 0.6 is 11.8 Å². The van der Waals surface area contributed by atoms with Crippen LogP contribution in [0.25, 0.3) is 0 Å². The van der Waals surface area contributed by atoms with Gasteiger partial charge in [-0.1, -0.05) is 13.3 Å². The lowest BCUT2D eigenvalue weighted by Crippen LogP contribution is -2.53. The largest absolute Gasteiger partial charge is 0.480 e. The minimum atomic E-state index is -1.28. The van der Waals surface area contributed by atoms with Gasteiger partial charge in [0.15, 0.2) is 6.04 Å². The normalized spacial score (nSPS) is 25.6. The summed E-state index contributed by atoms with van der Waals surface area (Å²) in [5, 5.41) is 23.7. The molecule has 4 unspecified atom stereocenters. The minimum absolute atomic E-state index is 0.0772. The number of hydrogen-bond donors (Lipinski definition) is 4. The monoisotopic (exact) mass is 290 g/mol. The Hall–Kier alpha value is -0.950. The smallest absolute Gasteiger partial charge is 0.328 e. The summed E-state index contributed by atoms with van der Waals surface area (Å²) in [5.41, 5.74) is 0. The average Bonchev–Trinajstić information content (AvgIpc) is 2.73. The molecule has 0 aliphatic heterocycles. The van der Waals surface area contributed by atoms with Gasteiger partial charge in [-0.05, 0) is 25.5 Å². The number of amides is 2. The van der Waals surface area contributed by atoms with E-state index in [1.54, 1.807) is 0 Å². The summed E-state index contributed by atoms with van der Waals surface area (Å²) in [4.78, 5) is 22.6. The Bertz CT molecular complexity index is 325. The van der Waals surface area contributed by atoms with Crippen LogP contribution in [-0.4, -0.2) is 51.4 Å². The average molecular weight is 290 g/mol. The molecule has 6 nitrogen and oxygen atoms in total. The quantitative estimate of drug-likeness (QED) is 0.580. The Kier molecular flexibility index (Phi) is 6.44. The van der Waals surface area contributed by atoms with Gasteiger partial charge in [0.05, 0.1) is 6.10 Å². The highest BCUT2D eigenvalue weighted by Gasteiger charge is 2.30. The number of rotatable bonds is 6. The predicted octanol–water partition coefficient (Wildman–Crippen LogP) is 0.794. The van der Waals surface area contributed by atoms with Crippen molar-refractivity contribution in [2.45, 2.75) is 56.5 Å². The van der Waals surface area contributed by atoms with Crippen LogP contribution in [0.3, 0.4) is 0 Å². The molecule has 1 rings (SSSR count). The summed E-state index contributed by atoms with van der Waals surface area (Å²) in [5.74, 6) is -0.244. The number of carboxylic acids is 1. The Morgan fingerprint density at radius 2 is 2.11 bits per heavy atom. The lowest BCUT2D eigenvalue weighted by atomic mass is 10.2. The van der Waals surface area contributed by atoms with E-state index in [9.17, 15) is 14.7 Å². The lowest BCUT2D eigenvalue weighted by Gasteiger charge is -2.23. The maximum absolute atomic E-state index is 11.8. The maximum atomic E-state index is 11.8. The SMILES string of the molecule is CCSC1CCCC1NC(=O)NC(C(=O)O)C(C)O. The van der Waals surface area contributed by atoms with Crippen LogP contribution in [0.5, 0.6) is 0 Å². The summed E-state index contributed by atoms with van der Waals surface area (Å²) < 4.78 is 0. The molecular formula is C12H22N2O4S. The van der Waals surface area contributed by atoms with Gasteiger partial charge in [-0.25, -0.2) is 9.59 Å². The number of carboxylic acid groups (broad SMARTS) is 1. The van der Waals surface area contributed by atoms with Crippen molar-refractivity contribution >= 4 is 23.8 Å². The molecule has 110 valence electrons. The molecule has 0 aromatic carbocycles. The van der Waals surface area contributed by atoms with Gasteiger partial charge in [-0.2, -0.15) is 11.8 Å². The first-order valence-corrected chi connectivity index (χ1v) is 7.60. The third-order valence-electron chi connectivity index (χ3n) is 3.18. The second-order valence-corrected chi connectivity index (χ2v) is 6.22. The van der Waals surface area contributed by atoms with Crippen LogP contribution < -0.4 is 10.6 Å². The third-order valence-corrected chi connectivity index (χ3v) is 4.51. The summed E-state index contributed by atoms with van der Waals surface area (Å²) in [6, 6.07) is -1.73. The van der Waals surface area contributed by atoms with Gasteiger partial charge in [0.1, 0.15) is 0 Å². The molecule has 0 spiro atoms. The predicted molar refractivity (Wildman–Crippen MR) is 74.3 cm³/mol. The first-order chi connectivity index (χ1) is 8.95. The van der Waals surface area contributed by atoms with Crippen molar-refractivity contribution in [3.63, 3.8) is 0 Å². The molecule has 2 amide bonds. The highest BCUT2D eigenvalue weighted by Crippen LogP contribution is 2.29. The molecule has 19 heavy (non-hydrogen) atoms. The zero-order valence-corrected chi connectivity index (χ0v) is 12.1. The van der Waals surface area contributed by atoms with E-state index in [0.29, 0.717) is 5.25 Å². The molecule has 0 bridgehead atoms. The van der Waals surface area contributed by atoms with Crippen molar-refractivity contribution in [3.05, 3.63) is 0 Å². The zero-order chi connectivity index (χ0) is 14.4. The molecule has 1 saturated carbocycles. The van der Waals surface area contributed by atoms with Crippen LogP contribution in [-0.2, 0) is 4.79 Å². The van der Waals surface area contributed by atoms with Crippen LogP contribution in [0.15, 0.2) is 0 Å². The van der Waals surface area contributed by atoms with Crippen LogP contribution in [0, 0.1) is 0 Å². The lowest BCUT2D eigenvalue weighted by molar-refractivity contribution is -0.141. The fourth-order valence-corrected chi connectivity index (χ4v) is 3.44. The van der Waals surface area contributed by atoms with E-state index >= 15 is 0 Å². The van der Waals surface area contributed by atoms with Crippen molar-refractivity contribution in [2.24, 2.45) is 0 Å². The van der Waals surface area contributed by atoms with E-state index in [1.807, 2.05) is 11.8 Å². The van der Waals surface area contributed by atoms with Crippen molar-refractivity contribution in [1.82, 2.24) is 10.6 Å². The van der Waals surface area contributed by atoms with Gasteiger partial charge in [0, 0.05) is 11.3 Å². The molecule has 4 atom stereocenters. The first kappa shape index (κ1) is 16.1. The second kappa shape index (κ2) is 7.59. The van der Waals surface area contributed by atoms with E-state index in [4.69, 9.17) is 5.11 Å². The molecule has 1 aliphatic rings. The number of nitrogens with one attached hydrogen (secondary N) is 2. The number of aliphatic carboxylic acids is 1. The van der Waals surface area contributed by atoms with Gasteiger partial charge in [0.2, 0.25) is 0 Å². The molecule has 4 N–H and O–H groups in total. The number of carbonyl (C=O) groups excluding carboxylic acids is 1. The van der Waals surface area contributed by atoms with Crippen LogP contribution in [0.2, 0.25) is 0 Å². The molecule has 0 aromatic heterocycles. The molecule has 1 fully saturated rings. The highest BCUT2D eigenvalue weighted by molar-refractivity contribution is 7.99. The van der Waals surface area contributed by atoms with Crippen LogP contribution in [0.4, 0.5) is 4.79 Å². The van der Waals surface area contributed by atoms with Gasteiger partial charge in [-0.15, -0.1) is 0 Å². The standard InChI is InChI=1S/C12H22N2O4S/c1-3-19-9-6-4-5-8(9)13-12(18)14-10(7(2)15)11(16)17/h7-10,15H,3-6H2,1-2H3,(H,16,17)(H2,13,14,18). The molecule has 1 aliphatic carbocycles. The molecule has 0 heterocycles. The highest BCUT2D eigenvalue weighted by atomic mass is 32.2. The molecular weight excluding hydrogens is 268 g/mol. The fraction of sp³-hybridized carbons (Fsp3) is 0.833. The van der Waals surface area contributed by atoms with E-state index < -0.39 is 24.1 Å². The summed E-state index contributed by atoms with van der Waals surface area (Å²) >= 11 is 1.81. The summed E-state index contributed by atoms with van der Waals surface area (Å²) in [7, 11) is 0. The second-order valence-electron chi connectivity index (χ2n) is 4.71. The van der Waals surface area contributed by atoms with E-state index in [1.165, 1.54) is 6.92 Å². The molecule has 7 heteroatoms. The van der Waals surface area contributed by atoms with E-state index in [2.05, 4.69) is 17.6 Å². The number of aliphatic hydroxyl groups is 1. The van der Waals surface area contributed by atoms with Crippen molar-refractivity contribution in [1.29, 1.82) is 0 Å². The van der Waals surface area contributed by atoms with Crippen molar-refractivity contribution in [2.75, 3.05) is 5.75 Å². The third kappa shape index (κ3) is 4.91. The Balaban J connectivity index is 2.47. The Morgan fingerprint density at radius 3 is 2.63 bits per heavy atom. The van der Waals surface area contributed by atoms with Gasteiger partial charge >= 0.3 is 12.0 Å². The number of urea groups is 1. The Morgan fingerprint density at radius 1 is 1.42 bits per heavy atom. The number of carbonyl (C=O) groups is 2. The van der Waals surface area contributed by atoms with E-state index in [0.717, 1.165) is 25.0 Å². The van der Waals surface area contributed by atoms with Crippen LogP contribution in [0.1, 0.15) is 33.1 Å². The van der Waals surface area contributed by atoms with E-state index in [-0.39, 0.29) is 6.04 Å². The molecule has 0 saturated heterocycles. The van der Waals surface area contributed by atoms with Gasteiger partial charge in [0.25, 0.3) is 0 Å². The van der Waals surface area contributed by atoms with Crippen molar-refractivity contribution in [3.8, 4) is 0 Å². The Labute approximate surface area is 117 Å². The number of aliphatic hydroxyl groups excluding tert-OH is 1. The zero-order valence-electron chi connectivity index (χ0n) is 11.3. The molecule has 0 radical (unpaired) electrons.